The minimum Gasteiger partial charge on any atom is -0.331 e. The number of aryl methyl sites for hydroxylation is 1. The Labute approximate surface area is 83.1 Å². The number of pyridine rings is 1. The second kappa shape index (κ2) is 3.26. The molecule has 0 aromatic carbocycles. The average molecular weight is 240 g/mol. The van der Waals surface area contributed by atoms with Crippen molar-refractivity contribution in [3.8, 4) is 11.6 Å². The standard InChI is InChI=1S/C8H6BrN3O/c1-5-3-2-4-10-6(5)7-11-8(9)12-13-7/h2-4H,1H3. The summed E-state index contributed by atoms with van der Waals surface area (Å²) in [5.41, 5.74) is 1.74. The van der Waals surface area contributed by atoms with Crippen LogP contribution in [0.5, 0.6) is 0 Å². The molecule has 0 saturated carbocycles. The van der Waals surface area contributed by atoms with Crippen LogP contribution in [0.25, 0.3) is 11.6 Å². The SMILES string of the molecule is Cc1cccnc1-c1nc(Br)no1. The lowest BCUT2D eigenvalue weighted by Gasteiger charge is -1.96. The van der Waals surface area contributed by atoms with E-state index in [0.717, 1.165) is 11.3 Å². The maximum atomic E-state index is 4.96. The quantitative estimate of drug-likeness (QED) is 0.766. The predicted octanol–water partition coefficient (Wildman–Crippen LogP) is 2.20. The molecule has 0 fully saturated rings. The smallest absolute Gasteiger partial charge is 0.277 e. The zero-order valence-electron chi connectivity index (χ0n) is 6.86. The van der Waals surface area contributed by atoms with Crippen molar-refractivity contribution in [2.24, 2.45) is 0 Å². The predicted molar refractivity (Wildman–Crippen MR) is 50.0 cm³/mol. The van der Waals surface area contributed by atoms with Crippen molar-refractivity contribution in [1.82, 2.24) is 15.1 Å². The van der Waals surface area contributed by atoms with Crippen LogP contribution in [-0.4, -0.2) is 15.1 Å². The van der Waals surface area contributed by atoms with Crippen LogP contribution in [0.1, 0.15) is 5.56 Å². The molecule has 66 valence electrons. The molecule has 0 amide bonds. The highest BCUT2D eigenvalue weighted by Gasteiger charge is 2.09. The van der Waals surface area contributed by atoms with E-state index in [9.17, 15) is 0 Å². The van der Waals surface area contributed by atoms with Gasteiger partial charge in [-0.15, -0.1) is 0 Å². The van der Waals surface area contributed by atoms with Gasteiger partial charge in [-0.25, -0.2) is 0 Å². The molecule has 0 radical (unpaired) electrons. The third-order valence-corrected chi connectivity index (χ3v) is 1.94. The number of hydrogen-bond donors (Lipinski definition) is 0. The Morgan fingerprint density at radius 2 is 2.31 bits per heavy atom. The number of rotatable bonds is 1. The van der Waals surface area contributed by atoms with Gasteiger partial charge in [0.2, 0.25) is 4.73 Å². The van der Waals surface area contributed by atoms with Crippen LogP contribution in [0.4, 0.5) is 0 Å². The van der Waals surface area contributed by atoms with Gasteiger partial charge in [-0.1, -0.05) is 6.07 Å². The van der Waals surface area contributed by atoms with Crippen LogP contribution >= 0.6 is 15.9 Å². The van der Waals surface area contributed by atoms with E-state index in [0.29, 0.717) is 10.6 Å². The van der Waals surface area contributed by atoms with Gasteiger partial charge in [0.05, 0.1) is 0 Å². The third kappa shape index (κ3) is 1.60. The van der Waals surface area contributed by atoms with Gasteiger partial charge in [0.25, 0.3) is 5.89 Å². The molecule has 0 bridgehead atoms. The van der Waals surface area contributed by atoms with Crippen LogP contribution in [0, 0.1) is 6.92 Å². The van der Waals surface area contributed by atoms with Gasteiger partial charge in [-0.3, -0.25) is 4.98 Å². The lowest BCUT2D eigenvalue weighted by molar-refractivity contribution is 0.425. The van der Waals surface area contributed by atoms with Crippen molar-refractivity contribution >= 4 is 15.9 Å². The normalized spacial score (nSPS) is 10.3. The van der Waals surface area contributed by atoms with E-state index < -0.39 is 0 Å². The highest BCUT2D eigenvalue weighted by Crippen LogP contribution is 2.19. The summed E-state index contributed by atoms with van der Waals surface area (Å²) in [7, 11) is 0. The van der Waals surface area contributed by atoms with E-state index in [1.54, 1.807) is 6.20 Å². The molecule has 0 aliphatic heterocycles. The first-order valence-electron chi connectivity index (χ1n) is 3.68. The summed E-state index contributed by atoms with van der Waals surface area (Å²) in [6, 6.07) is 3.81. The van der Waals surface area contributed by atoms with Crippen LogP contribution in [0.3, 0.4) is 0 Å². The van der Waals surface area contributed by atoms with Gasteiger partial charge in [0.15, 0.2) is 0 Å². The zero-order chi connectivity index (χ0) is 9.26. The minimum absolute atomic E-state index is 0.435. The summed E-state index contributed by atoms with van der Waals surface area (Å²) in [4.78, 5) is 8.16. The van der Waals surface area contributed by atoms with Crippen molar-refractivity contribution in [2.75, 3.05) is 0 Å². The molecule has 2 heterocycles. The average Bonchev–Trinajstić information content (AvgIpc) is 2.53. The van der Waals surface area contributed by atoms with E-state index in [4.69, 9.17) is 4.52 Å². The molecule has 5 heteroatoms. The molecule has 0 spiro atoms. The first-order valence-corrected chi connectivity index (χ1v) is 4.48. The number of hydrogen-bond acceptors (Lipinski definition) is 4. The van der Waals surface area contributed by atoms with E-state index in [-0.39, 0.29) is 0 Å². The van der Waals surface area contributed by atoms with E-state index >= 15 is 0 Å². The molecule has 0 saturated heterocycles. The zero-order valence-corrected chi connectivity index (χ0v) is 8.45. The van der Waals surface area contributed by atoms with Crippen molar-refractivity contribution < 1.29 is 4.52 Å². The molecule has 2 aromatic heterocycles. The Bertz CT molecular complexity index is 427. The molecule has 0 aliphatic rings. The topological polar surface area (TPSA) is 51.8 Å². The molecule has 0 atom stereocenters. The molecule has 2 rings (SSSR count). The van der Waals surface area contributed by atoms with Gasteiger partial charge in [0, 0.05) is 6.20 Å². The molecular formula is C8H6BrN3O. The van der Waals surface area contributed by atoms with E-state index in [1.165, 1.54) is 0 Å². The Morgan fingerprint density at radius 3 is 2.92 bits per heavy atom. The Balaban J connectivity index is 2.52. The highest BCUT2D eigenvalue weighted by atomic mass is 79.9. The monoisotopic (exact) mass is 239 g/mol. The first-order chi connectivity index (χ1) is 6.27. The molecule has 0 unspecified atom stereocenters. The van der Waals surface area contributed by atoms with Gasteiger partial charge >= 0.3 is 0 Å². The third-order valence-electron chi connectivity index (χ3n) is 1.61. The largest absolute Gasteiger partial charge is 0.331 e. The summed E-state index contributed by atoms with van der Waals surface area (Å²) in [6.45, 7) is 1.94. The van der Waals surface area contributed by atoms with Crippen molar-refractivity contribution in [3.63, 3.8) is 0 Å². The number of halogens is 1. The van der Waals surface area contributed by atoms with Gasteiger partial charge < -0.3 is 4.52 Å². The van der Waals surface area contributed by atoms with Gasteiger partial charge in [0.1, 0.15) is 5.69 Å². The fourth-order valence-electron chi connectivity index (χ4n) is 1.01. The molecule has 2 aromatic rings. The van der Waals surface area contributed by atoms with Crippen LogP contribution in [0.15, 0.2) is 27.6 Å². The lowest BCUT2D eigenvalue weighted by atomic mass is 10.2. The van der Waals surface area contributed by atoms with Crippen LogP contribution < -0.4 is 0 Å². The van der Waals surface area contributed by atoms with E-state index in [1.807, 2.05) is 19.1 Å². The van der Waals surface area contributed by atoms with Crippen LogP contribution in [0.2, 0.25) is 0 Å². The first kappa shape index (κ1) is 8.37. The Kier molecular flexibility index (Phi) is 2.10. The molecule has 0 N–H and O–H groups in total. The summed E-state index contributed by atoms with van der Waals surface area (Å²) >= 11 is 3.11. The van der Waals surface area contributed by atoms with Crippen molar-refractivity contribution in [2.45, 2.75) is 6.92 Å². The van der Waals surface area contributed by atoms with E-state index in [2.05, 4.69) is 31.1 Å². The Hall–Kier alpha value is -1.23. The summed E-state index contributed by atoms with van der Waals surface area (Å²) in [5, 5.41) is 3.62. The van der Waals surface area contributed by atoms with Crippen LogP contribution in [-0.2, 0) is 0 Å². The lowest BCUT2D eigenvalue weighted by Crippen LogP contribution is -1.86. The van der Waals surface area contributed by atoms with Gasteiger partial charge in [-0.05, 0) is 39.6 Å². The minimum atomic E-state index is 0.435. The molecule has 4 nitrogen and oxygen atoms in total. The fourth-order valence-corrected chi connectivity index (χ4v) is 1.24. The summed E-state index contributed by atoms with van der Waals surface area (Å²) in [6.07, 6.45) is 1.69. The molecular weight excluding hydrogens is 234 g/mol. The fraction of sp³-hybridized carbons (Fsp3) is 0.125. The molecule has 13 heavy (non-hydrogen) atoms. The number of nitrogens with zero attached hydrogens (tertiary/aromatic N) is 3. The van der Waals surface area contributed by atoms with Gasteiger partial charge in [-0.2, -0.15) is 4.98 Å². The summed E-state index contributed by atoms with van der Waals surface area (Å²) < 4.78 is 5.40. The maximum Gasteiger partial charge on any atom is 0.277 e. The highest BCUT2D eigenvalue weighted by molar-refractivity contribution is 9.10. The summed E-state index contributed by atoms with van der Waals surface area (Å²) in [5.74, 6) is 0.435. The van der Waals surface area contributed by atoms with Crippen molar-refractivity contribution in [1.29, 1.82) is 0 Å². The second-order valence-electron chi connectivity index (χ2n) is 2.54. The second-order valence-corrected chi connectivity index (χ2v) is 3.25. The molecule has 0 aliphatic carbocycles. The number of aromatic nitrogens is 3. The van der Waals surface area contributed by atoms with Crippen molar-refractivity contribution in [3.05, 3.63) is 28.6 Å². The Morgan fingerprint density at radius 1 is 1.46 bits per heavy atom. The maximum absolute atomic E-state index is 4.96.